The number of amides is 2. The maximum absolute atomic E-state index is 13.3. The second-order valence-electron chi connectivity index (χ2n) is 7.70. The van der Waals surface area contributed by atoms with Gasteiger partial charge in [0, 0.05) is 11.4 Å². The number of hydrogen-bond acceptors (Lipinski definition) is 5. The lowest BCUT2D eigenvalue weighted by Crippen LogP contribution is -2.54. The number of rotatable bonds is 5. The average Bonchev–Trinajstić information content (AvgIpc) is 2.81. The molecule has 180 valence electrons. The van der Waals surface area contributed by atoms with Crippen LogP contribution in [0.25, 0.3) is 0 Å². The Morgan fingerprint density at radius 1 is 1.20 bits per heavy atom. The van der Waals surface area contributed by atoms with Gasteiger partial charge in [0.15, 0.2) is 0 Å². The van der Waals surface area contributed by atoms with E-state index in [2.05, 4.69) is 12.1 Å². The summed E-state index contributed by atoms with van der Waals surface area (Å²) in [6.45, 7) is 1.50. The molecular weight excluding hydrogens is 477 g/mol. The third kappa shape index (κ3) is 4.96. The molecule has 0 aliphatic carbocycles. The fourth-order valence-corrected chi connectivity index (χ4v) is 4.44. The molecule has 35 heavy (non-hydrogen) atoms. The van der Waals surface area contributed by atoms with Crippen molar-refractivity contribution in [2.24, 2.45) is 5.73 Å². The van der Waals surface area contributed by atoms with E-state index in [1.807, 2.05) is 6.26 Å². The van der Waals surface area contributed by atoms with E-state index in [0.717, 1.165) is 21.9 Å². The number of primary amides is 1. The van der Waals surface area contributed by atoms with Crippen molar-refractivity contribution in [2.75, 3.05) is 16.9 Å². The Morgan fingerprint density at radius 2 is 1.91 bits per heavy atom. The smallest absolute Gasteiger partial charge is 0.351 e. The topological polar surface area (TPSA) is 121 Å². The van der Waals surface area contributed by atoms with Crippen molar-refractivity contribution >= 4 is 29.4 Å². The zero-order valence-corrected chi connectivity index (χ0v) is 19.7. The first kappa shape index (κ1) is 25.7. The zero-order valence-electron chi connectivity index (χ0n) is 18.8. The van der Waals surface area contributed by atoms with Crippen LogP contribution in [0.5, 0.6) is 0 Å². The van der Waals surface area contributed by atoms with Gasteiger partial charge in [-0.2, -0.15) is 35.5 Å². The number of guanidine groups is 1. The molecule has 1 atom stereocenters. The van der Waals surface area contributed by atoms with Gasteiger partial charge in [-0.3, -0.25) is 15.2 Å². The standard InChI is InChI=1S/C24H21F3N6OS/c1-14-20(13-29)21(19-7-6-15(12-28)10-16(19)8-9-35-2)33(23(31)34)22(30)32(14)18-5-3-4-17(11-18)24(25,26)27/h3-7,10-11,21,30H,8-9H2,1-2H3,(H2,31,34)/t21-/m1/s1. The van der Waals surface area contributed by atoms with E-state index in [1.54, 1.807) is 30.0 Å². The van der Waals surface area contributed by atoms with Crippen molar-refractivity contribution in [3.63, 3.8) is 0 Å². The van der Waals surface area contributed by atoms with Crippen LogP contribution in [0.15, 0.2) is 53.7 Å². The molecule has 0 unspecified atom stereocenters. The first-order valence-electron chi connectivity index (χ1n) is 10.3. The normalized spacial score (nSPS) is 16.2. The third-order valence-corrected chi connectivity index (χ3v) is 6.24. The zero-order chi connectivity index (χ0) is 25.9. The molecule has 2 aromatic carbocycles. The average molecular weight is 499 g/mol. The minimum absolute atomic E-state index is 0.0396. The summed E-state index contributed by atoms with van der Waals surface area (Å²) >= 11 is 1.57. The Balaban J connectivity index is 2.26. The van der Waals surface area contributed by atoms with Gasteiger partial charge in [-0.05, 0) is 66.8 Å². The van der Waals surface area contributed by atoms with E-state index < -0.39 is 29.8 Å². The lowest BCUT2D eigenvalue weighted by Gasteiger charge is -2.42. The SMILES string of the molecule is CSCCc1cc(C#N)ccc1[C@@H]1C(C#N)=C(C)N(c2cccc(C(F)(F)F)c2)C(=N)N1C(N)=O. The van der Waals surface area contributed by atoms with Crippen molar-refractivity contribution < 1.29 is 18.0 Å². The Hall–Kier alpha value is -3.96. The second kappa shape index (κ2) is 10.1. The van der Waals surface area contributed by atoms with E-state index in [0.29, 0.717) is 28.9 Å². The summed E-state index contributed by atoms with van der Waals surface area (Å²) in [6, 6.07) is 11.1. The minimum atomic E-state index is -4.62. The number of anilines is 1. The molecule has 0 aromatic heterocycles. The number of halogens is 3. The number of hydrogen-bond donors (Lipinski definition) is 2. The summed E-state index contributed by atoms with van der Waals surface area (Å²) in [5.74, 6) is 0.210. The van der Waals surface area contributed by atoms with Gasteiger partial charge in [-0.1, -0.05) is 12.1 Å². The maximum atomic E-state index is 13.3. The van der Waals surface area contributed by atoms with Gasteiger partial charge in [0.25, 0.3) is 0 Å². The van der Waals surface area contributed by atoms with Gasteiger partial charge in [0.2, 0.25) is 5.96 Å². The van der Waals surface area contributed by atoms with Crippen LogP contribution >= 0.6 is 11.8 Å². The Morgan fingerprint density at radius 3 is 2.49 bits per heavy atom. The number of nitrogens with two attached hydrogens (primary N) is 1. The molecule has 0 radical (unpaired) electrons. The van der Waals surface area contributed by atoms with Gasteiger partial charge in [0.05, 0.1) is 28.8 Å². The van der Waals surface area contributed by atoms with Crippen LogP contribution in [-0.2, 0) is 12.6 Å². The molecule has 0 fully saturated rings. The summed E-state index contributed by atoms with van der Waals surface area (Å²) in [7, 11) is 0. The predicted molar refractivity (Wildman–Crippen MR) is 127 cm³/mol. The molecule has 1 aliphatic heterocycles. The first-order valence-corrected chi connectivity index (χ1v) is 11.7. The molecule has 2 aromatic rings. The summed E-state index contributed by atoms with van der Waals surface area (Å²) in [6.07, 6.45) is -2.18. The summed E-state index contributed by atoms with van der Waals surface area (Å²) < 4.78 is 40.0. The highest BCUT2D eigenvalue weighted by molar-refractivity contribution is 7.98. The molecule has 11 heteroatoms. The van der Waals surface area contributed by atoms with E-state index in [9.17, 15) is 28.5 Å². The number of thioether (sulfide) groups is 1. The molecule has 7 nitrogen and oxygen atoms in total. The van der Waals surface area contributed by atoms with Crippen molar-refractivity contribution in [1.29, 1.82) is 15.9 Å². The molecular formula is C24H21F3N6OS. The Kier molecular flexibility index (Phi) is 7.42. The molecule has 1 heterocycles. The monoisotopic (exact) mass is 498 g/mol. The number of nitrogens with one attached hydrogen (secondary N) is 1. The van der Waals surface area contributed by atoms with E-state index in [1.165, 1.54) is 19.1 Å². The van der Waals surface area contributed by atoms with Crippen molar-refractivity contribution in [1.82, 2.24) is 4.90 Å². The minimum Gasteiger partial charge on any atom is -0.351 e. The van der Waals surface area contributed by atoms with E-state index >= 15 is 0 Å². The van der Waals surface area contributed by atoms with Crippen molar-refractivity contribution in [3.05, 3.63) is 76.0 Å². The maximum Gasteiger partial charge on any atom is 0.416 e. The number of nitrogens with zero attached hydrogens (tertiary/aromatic N) is 4. The Bertz CT molecular complexity index is 1290. The highest BCUT2D eigenvalue weighted by atomic mass is 32.2. The predicted octanol–water partition coefficient (Wildman–Crippen LogP) is 5.16. The van der Waals surface area contributed by atoms with E-state index in [4.69, 9.17) is 11.1 Å². The van der Waals surface area contributed by atoms with Gasteiger partial charge in [-0.25, -0.2) is 4.79 Å². The lowest BCUT2D eigenvalue weighted by molar-refractivity contribution is -0.137. The number of carbonyl (C=O) groups excluding carboxylic acids is 1. The molecule has 0 saturated carbocycles. The van der Waals surface area contributed by atoms with Crippen LogP contribution in [0, 0.1) is 28.1 Å². The van der Waals surface area contributed by atoms with Crippen LogP contribution in [0.4, 0.5) is 23.7 Å². The molecule has 0 spiro atoms. The highest BCUT2D eigenvalue weighted by Crippen LogP contribution is 2.41. The highest BCUT2D eigenvalue weighted by Gasteiger charge is 2.42. The quantitative estimate of drug-likeness (QED) is 0.590. The molecule has 2 amide bonds. The van der Waals surface area contributed by atoms with Crippen LogP contribution in [0.2, 0.25) is 0 Å². The largest absolute Gasteiger partial charge is 0.416 e. The molecule has 0 bridgehead atoms. The van der Waals surface area contributed by atoms with Gasteiger partial charge in [0.1, 0.15) is 6.04 Å². The summed E-state index contributed by atoms with van der Waals surface area (Å²) in [4.78, 5) is 14.6. The first-order chi connectivity index (χ1) is 16.5. The molecule has 0 saturated heterocycles. The van der Waals surface area contributed by atoms with Gasteiger partial charge >= 0.3 is 12.2 Å². The van der Waals surface area contributed by atoms with E-state index in [-0.39, 0.29) is 17.0 Å². The van der Waals surface area contributed by atoms with Crippen LogP contribution in [-0.4, -0.2) is 28.9 Å². The number of benzene rings is 2. The molecule has 3 N–H and O–H groups in total. The van der Waals surface area contributed by atoms with Gasteiger partial charge < -0.3 is 5.73 Å². The number of alkyl halides is 3. The third-order valence-electron chi connectivity index (χ3n) is 5.63. The lowest BCUT2D eigenvalue weighted by atomic mass is 9.89. The van der Waals surface area contributed by atoms with Crippen molar-refractivity contribution in [2.45, 2.75) is 25.6 Å². The summed E-state index contributed by atoms with van der Waals surface area (Å²) in [5.41, 5.74) is 6.52. The number of aryl methyl sites for hydroxylation is 1. The second-order valence-corrected chi connectivity index (χ2v) is 8.68. The molecule has 3 rings (SSSR count). The number of allylic oxidation sites excluding steroid dienone is 1. The van der Waals surface area contributed by atoms with Crippen LogP contribution < -0.4 is 10.6 Å². The fraction of sp³-hybridized carbons (Fsp3) is 0.250. The molecule has 1 aliphatic rings. The van der Waals surface area contributed by atoms with Crippen LogP contribution in [0.1, 0.15) is 35.2 Å². The van der Waals surface area contributed by atoms with Gasteiger partial charge in [-0.15, -0.1) is 0 Å². The number of carbonyl (C=O) groups is 1. The number of urea groups is 1. The Labute approximate surface area is 204 Å². The van der Waals surface area contributed by atoms with Crippen molar-refractivity contribution in [3.8, 4) is 12.1 Å². The van der Waals surface area contributed by atoms with Crippen LogP contribution in [0.3, 0.4) is 0 Å². The summed E-state index contributed by atoms with van der Waals surface area (Å²) in [5, 5.41) is 28.1. The fourth-order valence-electron chi connectivity index (χ4n) is 4.01. The number of nitriles is 2.